The Kier molecular flexibility index (Phi) is 7.19. The highest BCUT2D eigenvalue weighted by molar-refractivity contribution is 6.30. The van der Waals surface area contributed by atoms with Gasteiger partial charge in [-0.15, -0.1) is 0 Å². The van der Waals surface area contributed by atoms with Crippen LogP contribution in [0, 0.1) is 0 Å². The summed E-state index contributed by atoms with van der Waals surface area (Å²) in [5.41, 5.74) is 0.591. The first kappa shape index (κ1) is 17.1. The zero-order chi connectivity index (χ0) is 15.1. The van der Waals surface area contributed by atoms with Crippen LogP contribution in [0.4, 0.5) is 8.78 Å². The summed E-state index contributed by atoms with van der Waals surface area (Å²) in [5.74, 6) is 0.124. The molecule has 3 nitrogen and oxygen atoms in total. The van der Waals surface area contributed by atoms with Gasteiger partial charge >= 0.3 is 6.61 Å². The number of aliphatic hydroxyl groups excluding tert-OH is 1. The van der Waals surface area contributed by atoms with Gasteiger partial charge in [0.05, 0.1) is 0 Å². The monoisotopic (exact) mass is 307 g/mol. The summed E-state index contributed by atoms with van der Waals surface area (Å²) in [6.45, 7) is 1.11. The molecule has 0 saturated carbocycles. The van der Waals surface area contributed by atoms with Gasteiger partial charge in [-0.3, -0.25) is 0 Å². The topological polar surface area (TPSA) is 41.5 Å². The molecule has 114 valence electrons. The molecule has 2 unspecified atom stereocenters. The molecule has 0 spiro atoms. The first-order valence-corrected chi connectivity index (χ1v) is 6.93. The summed E-state index contributed by atoms with van der Waals surface area (Å²) >= 11 is 5.91. The Hall–Kier alpha value is -0.910. The lowest BCUT2D eigenvalue weighted by Gasteiger charge is -2.22. The highest BCUT2D eigenvalue weighted by Gasteiger charge is 2.17. The van der Waals surface area contributed by atoms with Crippen LogP contribution in [0.1, 0.15) is 38.3 Å². The number of alkyl halides is 2. The molecule has 1 aromatic rings. The van der Waals surface area contributed by atoms with E-state index in [9.17, 15) is 8.78 Å². The van der Waals surface area contributed by atoms with E-state index in [1.54, 1.807) is 6.07 Å². The molecular formula is C14H20ClF2NO2. The van der Waals surface area contributed by atoms with Crippen molar-refractivity contribution in [3.8, 4) is 5.75 Å². The van der Waals surface area contributed by atoms with Crippen molar-refractivity contribution in [2.45, 2.75) is 45.4 Å². The van der Waals surface area contributed by atoms with Crippen LogP contribution in [0.15, 0.2) is 18.2 Å². The molecule has 2 atom stereocenters. The number of ether oxygens (including phenoxy) is 1. The molecule has 0 amide bonds. The molecule has 20 heavy (non-hydrogen) atoms. The number of halogens is 3. The van der Waals surface area contributed by atoms with Crippen LogP contribution >= 0.6 is 11.6 Å². The average molecular weight is 308 g/mol. The van der Waals surface area contributed by atoms with Crippen LogP contribution in [0.2, 0.25) is 5.02 Å². The van der Waals surface area contributed by atoms with Gasteiger partial charge in [0.1, 0.15) is 5.75 Å². The fourth-order valence-electron chi connectivity index (χ4n) is 2.06. The predicted molar refractivity (Wildman–Crippen MR) is 75.4 cm³/mol. The molecule has 1 rings (SSSR count). The Morgan fingerprint density at radius 3 is 2.65 bits per heavy atom. The summed E-state index contributed by atoms with van der Waals surface area (Å²) in [6.07, 6.45) is 1.49. The smallest absolute Gasteiger partial charge is 0.387 e. The van der Waals surface area contributed by atoms with Crippen molar-refractivity contribution in [1.29, 1.82) is 0 Å². The number of hydrogen-bond acceptors (Lipinski definition) is 3. The Bertz CT molecular complexity index is 418. The minimum atomic E-state index is -2.87. The van der Waals surface area contributed by atoms with Crippen LogP contribution in [-0.2, 0) is 0 Å². The molecule has 0 aliphatic carbocycles. The van der Waals surface area contributed by atoms with E-state index in [1.165, 1.54) is 12.1 Å². The Morgan fingerprint density at radius 1 is 1.35 bits per heavy atom. The predicted octanol–water partition coefficient (Wildman–Crippen LogP) is 3.75. The first-order chi connectivity index (χ1) is 9.43. The lowest BCUT2D eigenvalue weighted by atomic mass is 10.1. The molecule has 0 bridgehead atoms. The number of hydrogen-bond donors (Lipinski definition) is 2. The molecule has 1 aromatic carbocycles. The second-order valence-electron chi connectivity index (χ2n) is 4.72. The van der Waals surface area contributed by atoms with Crippen molar-refractivity contribution in [3.05, 3.63) is 28.8 Å². The van der Waals surface area contributed by atoms with E-state index in [-0.39, 0.29) is 24.4 Å². The molecule has 0 heterocycles. The van der Waals surface area contributed by atoms with E-state index < -0.39 is 6.61 Å². The average Bonchev–Trinajstić information content (AvgIpc) is 2.37. The zero-order valence-corrected chi connectivity index (χ0v) is 12.3. The number of rotatable bonds is 8. The third kappa shape index (κ3) is 5.61. The largest absolute Gasteiger partial charge is 0.434 e. The van der Waals surface area contributed by atoms with Crippen LogP contribution in [0.5, 0.6) is 5.75 Å². The second kappa shape index (κ2) is 8.39. The minimum Gasteiger partial charge on any atom is -0.434 e. The lowest BCUT2D eigenvalue weighted by Crippen LogP contribution is -2.29. The van der Waals surface area contributed by atoms with Crippen molar-refractivity contribution < 1.29 is 18.6 Å². The Balaban J connectivity index is 2.79. The standard InChI is InChI=1S/C14H20ClF2NO2/c1-9(4-3-7-19)18-10(2)12-8-11(15)5-6-13(12)20-14(16)17/h5-6,8-10,14,18-19H,3-4,7H2,1-2H3. The van der Waals surface area contributed by atoms with Crippen molar-refractivity contribution in [3.63, 3.8) is 0 Å². The van der Waals surface area contributed by atoms with Crippen molar-refractivity contribution >= 4 is 11.6 Å². The normalized spacial score (nSPS) is 14.3. The zero-order valence-electron chi connectivity index (χ0n) is 11.6. The van der Waals surface area contributed by atoms with Gasteiger partial charge in [0, 0.05) is 29.3 Å². The molecule has 0 aliphatic rings. The second-order valence-corrected chi connectivity index (χ2v) is 5.15. The van der Waals surface area contributed by atoms with Gasteiger partial charge in [-0.05, 0) is 44.9 Å². The highest BCUT2D eigenvalue weighted by Crippen LogP contribution is 2.30. The fourth-order valence-corrected chi connectivity index (χ4v) is 2.24. The van der Waals surface area contributed by atoms with Crippen LogP contribution in [-0.4, -0.2) is 24.4 Å². The minimum absolute atomic E-state index is 0.124. The summed E-state index contributed by atoms with van der Waals surface area (Å²) in [5, 5.41) is 12.5. The van der Waals surface area contributed by atoms with Gasteiger partial charge in [-0.2, -0.15) is 8.78 Å². The van der Waals surface area contributed by atoms with E-state index in [2.05, 4.69) is 10.1 Å². The van der Waals surface area contributed by atoms with Crippen molar-refractivity contribution in [1.82, 2.24) is 5.32 Å². The van der Waals surface area contributed by atoms with Gasteiger partial charge in [-0.1, -0.05) is 11.6 Å². The van der Waals surface area contributed by atoms with E-state index in [1.807, 2.05) is 13.8 Å². The van der Waals surface area contributed by atoms with E-state index in [0.29, 0.717) is 17.0 Å². The summed E-state index contributed by atoms with van der Waals surface area (Å²) in [6, 6.07) is 4.55. The molecule has 2 N–H and O–H groups in total. The van der Waals surface area contributed by atoms with Gasteiger partial charge in [-0.25, -0.2) is 0 Å². The van der Waals surface area contributed by atoms with Crippen LogP contribution in [0.25, 0.3) is 0 Å². The molecule has 0 aromatic heterocycles. The third-order valence-electron chi connectivity index (χ3n) is 2.98. The molecule has 0 aliphatic heterocycles. The quantitative estimate of drug-likeness (QED) is 0.768. The Morgan fingerprint density at radius 2 is 2.05 bits per heavy atom. The van der Waals surface area contributed by atoms with Gasteiger partial charge in [0.25, 0.3) is 0 Å². The van der Waals surface area contributed by atoms with Crippen molar-refractivity contribution in [2.75, 3.05) is 6.61 Å². The number of nitrogens with one attached hydrogen (secondary N) is 1. The number of benzene rings is 1. The van der Waals surface area contributed by atoms with E-state index in [4.69, 9.17) is 16.7 Å². The molecular weight excluding hydrogens is 288 g/mol. The van der Waals surface area contributed by atoms with Crippen LogP contribution < -0.4 is 10.1 Å². The molecule has 6 heteroatoms. The summed E-state index contributed by atoms with van der Waals surface area (Å²) in [7, 11) is 0. The maximum absolute atomic E-state index is 12.4. The summed E-state index contributed by atoms with van der Waals surface area (Å²) in [4.78, 5) is 0. The third-order valence-corrected chi connectivity index (χ3v) is 3.22. The van der Waals surface area contributed by atoms with Gasteiger partial charge < -0.3 is 15.2 Å². The maximum atomic E-state index is 12.4. The van der Waals surface area contributed by atoms with Crippen LogP contribution in [0.3, 0.4) is 0 Å². The Labute approximate surface area is 122 Å². The van der Waals surface area contributed by atoms with E-state index >= 15 is 0 Å². The SMILES string of the molecule is CC(CCCO)NC(C)c1cc(Cl)ccc1OC(F)F. The van der Waals surface area contributed by atoms with E-state index in [0.717, 1.165) is 6.42 Å². The molecule has 0 fully saturated rings. The molecule has 0 saturated heterocycles. The van der Waals surface area contributed by atoms with Gasteiger partial charge in [0.2, 0.25) is 0 Å². The van der Waals surface area contributed by atoms with Crippen molar-refractivity contribution in [2.24, 2.45) is 0 Å². The highest BCUT2D eigenvalue weighted by atomic mass is 35.5. The van der Waals surface area contributed by atoms with Gasteiger partial charge in [0.15, 0.2) is 0 Å². The maximum Gasteiger partial charge on any atom is 0.387 e. The lowest BCUT2D eigenvalue weighted by molar-refractivity contribution is -0.0506. The number of aliphatic hydroxyl groups is 1. The summed E-state index contributed by atoms with van der Waals surface area (Å²) < 4.78 is 29.3. The fraction of sp³-hybridized carbons (Fsp3) is 0.571. The first-order valence-electron chi connectivity index (χ1n) is 6.55. The molecule has 0 radical (unpaired) electrons.